The third-order valence-electron chi connectivity index (χ3n) is 5.35. The van der Waals surface area contributed by atoms with Gasteiger partial charge in [-0.1, -0.05) is 39.0 Å². The summed E-state index contributed by atoms with van der Waals surface area (Å²) in [5, 5.41) is 0. The summed E-state index contributed by atoms with van der Waals surface area (Å²) in [5.74, 6) is 1.50. The number of pyridine rings is 1. The van der Waals surface area contributed by atoms with Gasteiger partial charge in [-0.2, -0.15) is 0 Å². The lowest BCUT2D eigenvalue weighted by atomic mass is 9.84. The summed E-state index contributed by atoms with van der Waals surface area (Å²) < 4.78 is 6.17. The van der Waals surface area contributed by atoms with Crippen LogP contribution in [0, 0.1) is 27.7 Å². The Balaban J connectivity index is 1.99. The summed E-state index contributed by atoms with van der Waals surface area (Å²) in [6.45, 7) is 15.3. The van der Waals surface area contributed by atoms with E-state index in [4.69, 9.17) is 4.74 Å². The lowest BCUT2D eigenvalue weighted by Crippen LogP contribution is -2.20. The maximum Gasteiger partial charge on any atom is 0.243 e. The second-order valence-corrected chi connectivity index (χ2v) is 8.95. The van der Waals surface area contributed by atoms with Crippen molar-refractivity contribution in [1.82, 2.24) is 4.98 Å². The summed E-state index contributed by atoms with van der Waals surface area (Å²) in [6, 6.07) is 13.1. The molecule has 0 spiro atoms. The Bertz CT molecular complexity index is 1050. The van der Waals surface area contributed by atoms with Crippen molar-refractivity contribution in [3.63, 3.8) is 0 Å². The molecule has 1 aromatic heterocycles. The molecule has 3 nitrogen and oxygen atoms in total. The third-order valence-corrected chi connectivity index (χ3v) is 5.35. The lowest BCUT2D eigenvalue weighted by Gasteiger charge is -2.35. The van der Waals surface area contributed by atoms with Gasteiger partial charge in [0.25, 0.3) is 0 Å². The zero-order valence-corrected chi connectivity index (χ0v) is 17.8. The van der Waals surface area contributed by atoms with Crippen LogP contribution in [0.25, 0.3) is 0 Å². The molecular formula is C25H28N2O. The average molecular weight is 373 g/mol. The Morgan fingerprint density at radius 1 is 0.821 bits per heavy atom. The van der Waals surface area contributed by atoms with Crippen LogP contribution < -0.4 is 9.64 Å². The summed E-state index contributed by atoms with van der Waals surface area (Å²) >= 11 is 0. The zero-order chi connectivity index (χ0) is 20.2. The summed E-state index contributed by atoms with van der Waals surface area (Å²) in [5.41, 5.74) is 9.52. The quantitative estimate of drug-likeness (QED) is 0.353. The second-order valence-electron chi connectivity index (χ2n) is 8.95. The van der Waals surface area contributed by atoms with Crippen LogP contribution in [-0.4, -0.2) is 4.98 Å². The van der Waals surface area contributed by atoms with Crippen LogP contribution in [0.1, 0.15) is 48.6 Å². The molecule has 2 heterocycles. The fourth-order valence-corrected chi connectivity index (χ4v) is 3.88. The van der Waals surface area contributed by atoms with Crippen molar-refractivity contribution in [2.45, 2.75) is 53.9 Å². The molecule has 0 radical (unpaired) electrons. The van der Waals surface area contributed by atoms with Crippen LogP contribution in [0.3, 0.4) is 0 Å². The second kappa shape index (κ2) is 6.37. The van der Waals surface area contributed by atoms with E-state index in [-0.39, 0.29) is 5.41 Å². The topological polar surface area (TPSA) is 25.4 Å². The monoisotopic (exact) mass is 372 g/mol. The number of benzene rings is 2. The van der Waals surface area contributed by atoms with Gasteiger partial charge >= 0.3 is 0 Å². The van der Waals surface area contributed by atoms with Gasteiger partial charge in [-0.25, -0.2) is 4.98 Å². The van der Waals surface area contributed by atoms with Gasteiger partial charge in [-0.3, -0.25) is 0 Å². The molecule has 144 valence electrons. The van der Waals surface area contributed by atoms with Gasteiger partial charge in [0, 0.05) is 6.20 Å². The van der Waals surface area contributed by atoms with Crippen LogP contribution in [0.4, 0.5) is 17.1 Å². The number of hydrogen-bond acceptors (Lipinski definition) is 3. The van der Waals surface area contributed by atoms with E-state index in [1.165, 1.54) is 27.9 Å². The fourth-order valence-electron chi connectivity index (χ4n) is 3.88. The minimum absolute atomic E-state index is 0.115. The van der Waals surface area contributed by atoms with Gasteiger partial charge in [-0.05, 0) is 79.1 Å². The number of aryl methyl sites for hydroxylation is 4. The number of anilines is 3. The molecule has 2 aromatic carbocycles. The standard InChI is InChI=1S/C25H28N2O/c1-15-8-9-20-22(11-15)28-24-21(10-16(2)14-26-24)27(20)23-17(3)12-19(13-18(23)4)25(5,6)7/h8-14H,1-7H3. The van der Waals surface area contributed by atoms with E-state index in [0.717, 1.165) is 22.7 Å². The first kappa shape index (κ1) is 18.5. The highest BCUT2D eigenvalue weighted by atomic mass is 16.5. The first-order valence-corrected chi connectivity index (χ1v) is 9.82. The van der Waals surface area contributed by atoms with Gasteiger partial charge in [0.15, 0.2) is 5.75 Å². The molecule has 0 fully saturated rings. The lowest BCUT2D eigenvalue weighted by molar-refractivity contribution is 0.456. The van der Waals surface area contributed by atoms with Gasteiger partial charge in [-0.15, -0.1) is 0 Å². The van der Waals surface area contributed by atoms with E-state index < -0.39 is 0 Å². The molecule has 0 N–H and O–H groups in total. The van der Waals surface area contributed by atoms with Gasteiger partial charge in [0.05, 0.1) is 11.4 Å². The van der Waals surface area contributed by atoms with Gasteiger partial charge < -0.3 is 9.64 Å². The van der Waals surface area contributed by atoms with Crippen LogP contribution in [-0.2, 0) is 5.41 Å². The average Bonchev–Trinajstić information content (AvgIpc) is 2.60. The molecule has 1 aliphatic rings. The van der Waals surface area contributed by atoms with Crippen LogP contribution >= 0.6 is 0 Å². The van der Waals surface area contributed by atoms with E-state index in [2.05, 4.69) is 94.7 Å². The van der Waals surface area contributed by atoms with Crippen molar-refractivity contribution in [3.05, 3.63) is 70.4 Å². The highest BCUT2D eigenvalue weighted by Crippen LogP contribution is 2.51. The van der Waals surface area contributed by atoms with Crippen molar-refractivity contribution < 1.29 is 4.74 Å². The van der Waals surface area contributed by atoms with Gasteiger partial charge in [0.2, 0.25) is 5.88 Å². The predicted molar refractivity (Wildman–Crippen MR) is 117 cm³/mol. The Morgan fingerprint density at radius 3 is 2.14 bits per heavy atom. The smallest absolute Gasteiger partial charge is 0.243 e. The number of nitrogens with zero attached hydrogens (tertiary/aromatic N) is 2. The minimum Gasteiger partial charge on any atom is -0.435 e. The number of hydrogen-bond donors (Lipinski definition) is 0. The maximum atomic E-state index is 6.17. The molecule has 1 aliphatic heterocycles. The molecule has 0 saturated heterocycles. The van der Waals surface area contributed by atoms with Crippen LogP contribution in [0.2, 0.25) is 0 Å². The molecule has 0 amide bonds. The normalized spacial score (nSPS) is 13.0. The van der Waals surface area contributed by atoms with E-state index in [0.29, 0.717) is 5.88 Å². The Labute approximate surface area is 168 Å². The molecule has 4 rings (SSSR count). The molecular weight excluding hydrogens is 344 g/mol. The predicted octanol–water partition coefficient (Wildman–Crippen LogP) is 7.19. The van der Waals surface area contributed by atoms with E-state index >= 15 is 0 Å². The van der Waals surface area contributed by atoms with Gasteiger partial charge in [0.1, 0.15) is 5.69 Å². The Hall–Kier alpha value is -2.81. The largest absolute Gasteiger partial charge is 0.435 e. The molecule has 0 unspecified atom stereocenters. The zero-order valence-electron chi connectivity index (χ0n) is 17.8. The SMILES string of the molecule is Cc1ccc2c(c1)Oc1ncc(C)cc1N2c1c(C)cc(C(C)(C)C)cc1C. The highest BCUT2D eigenvalue weighted by molar-refractivity contribution is 5.88. The fraction of sp³-hybridized carbons (Fsp3) is 0.320. The van der Waals surface area contributed by atoms with E-state index in [9.17, 15) is 0 Å². The van der Waals surface area contributed by atoms with Crippen LogP contribution in [0.15, 0.2) is 42.6 Å². The molecule has 3 heteroatoms. The first-order chi connectivity index (χ1) is 13.1. The first-order valence-electron chi connectivity index (χ1n) is 9.82. The summed E-state index contributed by atoms with van der Waals surface area (Å²) in [4.78, 5) is 6.89. The molecule has 0 aliphatic carbocycles. The number of aromatic nitrogens is 1. The summed E-state index contributed by atoms with van der Waals surface area (Å²) in [7, 11) is 0. The van der Waals surface area contributed by atoms with Crippen molar-refractivity contribution in [3.8, 4) is 11.6 Å². The Morgan fingerprint density at radius 2 is 1.50 bits per heavy atom. The van der Waals surface area contributed by atoms with Crippen molar-refractivity contribution in [2.24, 2.45) is 0 Å². The molecule has 0 atom stereocenters. The molecule has 0 bridgehead atoms. The van der Waals surface area contributed by atoms with Crippen molar-refractivity contribution >= 4 is 17.1 Å². The van der Waals surface area contributed by atoms with Crippen LogP contribution in [0.5, 0.6) is 11.6 Å². The highest BCUT2D eigenvalue weighted by Gasteiger charge is 2.29. The number of fused-ring (bicyclic) bond motifs is 2. The minimum atomic E-state index is 0.115. The third kappa shape index (κ3) is 3.05. The van der Waals surface area contributed by atoms with Crippen molar-refractivity contribution in [1.29, 1.82) is 0 Å². The molecule has 3 aromatic rings. The summed E-state index contributed by atoms with van der Waals surface area (Å²) in [6.07, 6.45) is 1.86. The van der Waals surface area contributed by atoms with E-state index in [1.807, 2.05) is 6.20 Å². The molecule has 0 saturated carbocycles. The molecule has 28 heavy (non-hydrogen) atoms. The number of rotatable bonds is 1. The van der Waals surface area contributed by atoms with E-state index in [1.54, 1.807) is 0 Å². The van der Waals surface area contributed by atoms with Crippen molar-refractivity contribution in [2.75, 3.05) is 4.90 Å². The maximum absolute atomic E-state index is 6.17. The Kier molecular flexibility index (Phi) is 4.22. The number of ether oxygens (including phenoxy) is 1.